The maximum Gasteiger partial charge on any atom is 0.323 e. The minimum atomic E-state index is -1.08. The average Bonchev–Trinajstić information content (AvgIpc) is 2.37. The number of rotatable bonds is 6. The lowest BCUT2D eigenvalue weighted by molar-refractivity contribution is -0.144. The smallest absolute Gasteiger partial charge is 0.323 e. The zero-order chi connectivity index (χ0) is 13.5. The summed E-state index contributed by atoms with van der Waals surface area (Å²) in [4.78, 5) is 23.9. The summed E-state index contributed by atoms with van der Waals surface area (Å²) in [6.45, 7) is 3.27. The van der Waals surface area contributed by atoms with E-state index in [0.717, 1.165) is 4.90 Å². The fourth-order valence-corrected chi connectivity index (χ4v) is 1.55. The van der Waals surface area contributed by atoms with Crippen molar-refractivity contribution in [1.29, 1.82) is 0 Å². The lowest BCUT2D eigenvalue weighted by Gasteiger charge is -2.22. The second kappa shape index (κ2) is 6.56. The van der Waals surface area contributed by atoms with E-state index in [4.69, 9.17) is 10.8 Å². The van der Waals surface area contributed by atoms with E-state index >= 15 is 0 Å². The molecule has 1 atom stereocenters. The van der Waals surface area contributed by atoms with E-state index in [9.17, 15) is 9.59 Å². The van der Waals surface area contributed by atoms with Gasteiger partial charge in [-0.25, -0.2) is 0 Å². The predicted molar refractivity (Wildman–Crippen MR) is 67.8 cm³/mol. The van der Waals surface area contributed by atoms with Crippen LogP contribution in [-0.4, -0.2) is 35.0 Å². The van der Waals surface area contributed by atoms with Crippen LogP contribution in [0.25, 0.3) is 0 Å². The molecule has 0 saturated carbocycles. The topological polar surface area (TPSA) is 83.6 Å². The number of hydrogen-bond donors (Lipinski definition) is 2. The predicted octanol–water partition coefficient (Wildman–Crippen LogP) is 0.786. The molecule has 0 fully saturated rings. The molecule has 0 radical (unpaired) electrons. The number of carbonyl (C=O) groups is 2. The highest BCUT2D eigenvalue weighted by Gasteiger charge is 2.23. The van der Waals surface area contributed by atoms with Gasteiger partial charge in [0.15, 0.2) is 0 Å². The summed E-state index contributed by atoms with van der Waals surface area (Å²) >= 11 is 0. The van der Waals surface area contributed by atoms with Gasteiger partial charge >= 0.3 is 5.97 Å². The highest BCUT2D eigenvalue weighted by molar-refractivity contribution is 5.86. The summed E-state index contributed by atoms with van der Waals surface area (Å²) in [5, 5.41) is 8.74. The number of benzene rings is 1. The summed E-state index contributed by atoms with van der Waals surface area (Å²) in [5.74, 6) is -1.51. The minimum Gasteiger partial charge on any atom is -0.480 e. The van der Waals surface area contributed by atoms with Crippen molar-refractivity contribution in [3.05, 3.63) is 48.6 Å². The van der Waals surface area contributed by atoms with Gasteiger partial charge in [0.25, 0.3) is 0 Å². The molecular formula is C13H16N2O3. The quantitative estimate of drug-likeness (QED) is 0.729. The van der Waals surface area contributed by atoms with Crippen LogP contribution in [0.15, 0.2) is 43.0 Å². The zero-order valence-corrected chi connectivity index (χ0v) is 9.95. The van der Waals surface area contributed by atoms with Gasteiger partial charge in [-0.2, -0.15) is 0 Å². The Bertz CT molecular complexity index is 431. The van der Waals surface area contributed by atoms with Crippen molar-refractivity contribution in [3.63, 3.8) is 0 Å². The molecule has 96 valence electrons. The summed E-state index contributed by atoms with van der Waals surface area (Å²) in [5.41, 5.74) is 6.48. The van der Waals surface area contributed by atoms with E-state index in [2.05, 4.69) is 6.58 Å². The molecular weight excluding hydrogens is 232 g/mol. The molecule has 0 aromatic heterocycles. The first-order valence-corrected chi connectivity index (χ1v) is 5.48. The normalized spacial score (nSPS) is 11.6. The Morgan fingerprint density at radius 1 is 1.39 bits per heavy atom. The molecule has 18 heavy (non-hydrogen) atoms. The Morgan fingerprint density at radius 2 is 2.00 bits per heavy atom. The Morgan fingerprint density at radius 3 is 2.50 bits per heavy atom. The molecule has 0 aliphatic heterocycles. The van der Waals surface area contributed by atoms with E-state index in [1.165, 1.54) is 6.08 Å². The van der Waals surface area contributed by atoms with Gasteiger partial charge in [-0.1, -0.05) is 36.4 Å². The number of aliphatic carboxylic acids is 1. The Kier molecular flexibility index (Phi) is 5.07. The Balaban J connectivity index is 2.82. The van der Waals surface area contributed by atoms with Crippen molar-refractivity contribution in [1.82, 2.24) is 4.90 Å². The summed E-state index contributed by atoms with van der Waals surface area (Å²) in [6.07, 6.45) is 1.47. The summed E-state index contributed by atoms with van der Waals surface area (Å²) in [7, 11) is 0. The van der Waals surface area contributed by atoms with Crippen LogP contribution < -0.4 is 5.73 Å². The first kappa shape index (κ1) is 13.9. The van der Waals surface area contributed by atoms with Gasteiger partial charge in [0.05, 0.1) is 0 Å². The molecule has 0 unspecified atom stereocenters. The van der Waals surface area contributed by atoms with Gasteiger partial charge in [0.2, 0.25) is 5.91 Å². The van der Waals surface area contributed by atoms with Crippen LogP contribution in [0.1, 0.15) is 11.6 Å². The van der Waals surface area contributed by atoms with Crippen molar-refractivity contribution in [2.45, 2.75) is 6.04 Å². The number of nitrogens with two attached hydrogens (primary N) is 1. The van der Waals surface area contributed by atoms with Gasteiger partial charge < -0.3 is 15.7 Å². The van der Waals surface area contributed by atoms with Crippen molar-refractivity contribution < 1.29 is 14.7 Å². The Labute approximate surface area is 106 Å². The highest BCUT2D eigenvalue weighted by atomic mass is 16.4. The van der Waals surface area contributed by atoms with Gasteiger partial charge in [-0.05, 0) is 5.56 Å². The SMILES string of the molecule is C=CCN(CC(=O)O)C(=O)[C@H](N)c1ccccc1. The molecule has 0 spiro atoms. The molecule has 0 bridgehead atoms. The number of carboxylic acids is 1. The third kappa shape index (κ3) is 3.71. The van der Waals surface area contributed by atoms with Crippen molar-refractivity contribution in [2.75, 3.05) is 13.1 Å². The minimum absolute atomic E-state index is 0.158. The fourth-order valence-electron chi connectivity index (χ4n) is 1.55. The van der Waals surface area contributed by atoms with Gasteiger partial charge in [0, 0.05) is 6.54 Å². The lowest BCUT2D eigenvalue weighted by Crippen LogP contribution is -2.41. The van der Waals surface area contributed by atoms with Gasteiger partial charge in [-0.3, -0.25) is 9.59 Å². The monoisotopic (exact) mass is 248 g/mol. The van der Waals surface area contributed by atoms with Gasteiger partial charge in [-0.15, -0.1) is 6.58 Å². The largest absolute Gasteiger partial charge is 0.480 e. The summed E-state index contributed by atoms with van der Waals surface area (Å²) in [6, 6.07) is 7.98. The molecule has 0 saturated heterocycles. The molecule has 1 amide bonds. The maximum atomic E-state index is 12.1. The summed E-state index contributed by atoms with van der Waals surface area (Å²) < 4.78 is 0. The molecule has 0 aliphatic carbocycles. The molecule has 1 rings (SSSR count). The number of carbonyl (C=O) groups excluding carboxylic acids is 1. The van der Waals surface area contributed by atoms with Crippen LogP contribution in [0.4, 0.5) is 0 Å². The van der Waals surface area contributed by atoms with Gasteiger partial charge in [0.1, 0.15) is 12.6 Å². The van der Waals surface area contributed by atoms with Crippen molar-refractivity contribution in [3.8, 4) is 0 Å². The highest BCUT2D eigenvalue weighted by Crippen LogP contribution is 2.12. The third-order valence-electron chi connectivity index (χ3n) is 2.41. The molecule has 0 aliphatic rings. The Hall–Kier alpha value is -2.14. The van der Waals surface area contributed by atoms with Crippen LogP contribution in [0.2, 0.25) is 0 Å². The zero-order valence-electron chi connectivity index (χ0n) is 9.95. The average molecular weight is 248 g/mol. The van der Waals surface area contributed by atoms with Crippen LogP contribution in [0.3, 0.4) is 0 Å². The van der Waals surface area contributed by atoms with Crippen LogP contribution in [0, 0.1) is 0 Å². The number of carboxylic acid groups (broad SMARTS) is 1. The standard InChI is InChI=1S/C13H16N2O3/c1-2-8-15(9-11(16)17)13(18)12(14)10-6-4-3-5-7-10/h2-7,12H,1,8-9,14H2,(H,16,17)/t12-/m1/s1. The van der Waals surface area contributed by atoms with E-state index in [0.29, 0.717) is 5.56 Å². The molecule has 5 nitrogen and oxygen atoms in total. The number of amides is 1. The number of nitrogens with zero attached hydrogens (tertiary/aromatic N) is 1. The lowest BCUT2D eigenvalue weighted by atomic mass is 10.1. The number of hydrogen-bond acceptors (Lipinski definition) is 3. The van der Waals surface area contributed by atoms with Crippen LogP contribution >= 0.6 is 0 Å². The second-order valence-corrected chi connectivity index (χ2v) is 3.79. The maximum absolute atomic E-state index is 12.1. The van der Waals surface area contributed by atoms with E-state index in [1.807, 2.05) is 6.07 Å². The van der Waals surface area contributed by atoms with E-state index < -0.39 is 17.9 Å². The third-order valence-corrected chi connectivity index (χ3v) is 2.41. The van der Waals surface area contributed by atoms with Crippen molar-refractivity contribution in [2.24, 2.45) is 5.73 Å². The molecule has 1 aromatic rings. The molecule has 3 N–H and O–H groups in total. The van der Waals surface area contributed by atoms with E-state index in [-0.39, 0.29) is 13.1 Å². The fraction of sp³-hybridized carbons (Fsp3) is 0.231. The molecule has 1 aromatic carbocycles. The van der Waals surface area contributed by atoms with Crippen LogP contribution in [0.5, 0.6) is 0 Å². The first-order valence-electron chi connectivity index (χ1n) is 5.48. The van der Waals surface area contributed by atoms with Crippen LogP contribution in [-0.2, 0) is 9.59 Å². The molecule has 0 heterocycles. The molecule has 5 heteroatoms. The van der Waals surface area contributed by atoms with Crippen molar-refractivity contribution >= 4 is 11.9 Å². The second-order valence-electron chi connectivity index (χ2n) is 3.79. The van der Waals surface area contributed by atoms with E-state index in [1.54, 1.807) is 24.3 Å². The first-order chi connectivity index (χ1) is 8.56.